The van der Waals surface area contributed by atoms with E-state index in [-0.39, 0.29) is 11.8 Å². The number of amides is 1. The topological polar surface area (TPSA) is 85.8 Å². The van der Waals surface area contributed by atoms with Crippen molar-refractivity contribution in [2.24, 2.45) is 5.92 Å². The van der Waals surface area contributed by atoms with Crippen LogP contribution >= 0.6 is 0 Å². The molecule has 25 heavy (non-hydrogen) atoms. The van der Waals surface area contributed by atoms with Crippen LogP contribution in [-0.2, 0) is 11.2 Å². The molecule has 3 aromatic heterocycles. The second-order valence-electron chi connectivity index (χ2n) is 6.27. The molecule has 8 nitrogen and oxygen atoms in total. The molecule has 0 radical (unpaired) electrons. The molecule has 0 saturated carbocycles. The first-order chi connectivity index (χ1) is 12.2. The van der Waals surface area contributed by atoms with Crippen LogP contribution in [0.25, 0.3) is 5.65 Å². The van der Waals surface area contributed by atoms with Gasteiger partial charge in [-0.15, -0.1) is 0 Å². The first-order valence-corrected chi connectivity index (χ1v) is 8.28. The van der Waals surface area contributed by atoms with Crippen LogP contribution in [0, 0.1) is 12.8 Å². The lowest BCUT2D eigenvalue weighted by Crippen LogP contribution is -2.36. The predicted octanol–water partition coefficient (Wildman–Crippen LogP) is 1.36. The normalized spacial score (nSPS) is 18.4. The van der Waals surface area contributed by atoms with Gasteiger partial charge in [-0.2, -0.15) is 5.10 Å². The zero-order valence-electron chi connectivity index (χ0n) is 14.0. The van der Waals surface area contributed by atoms with Gasteiger partial charge in [0.25, 0.3) is 5.91 Å². The third kappa shape index (κ3) is 3.39. The maximum Gasteiger partial charge on any atom is 0.276 e. The van der Waals surface area contributed by atoms with Crippen molar-refractivity contribution in [3.8, 4) is 0 Å². The molecule has 4 rings (SSSR count). The van der Waals surface area contributed by atoms with E-state index < -0.39 is 0 Å². The van der Waals surface area contributed by atoms with Crippen LogP contribution in [0.5, 0.6) is 0 Å². The number of hydrogen-bond acceptors (Lipinski definition) is 6. The van der Waals surface area contributed by atoms with Gasteiger partial charge >= 0.3 is 0 Å². The van der Waals surface area contributed by atoms with Crippen LogP contribution in [0.4, 0.5) is 0 Å². The predicted molar refractivity (Wildman–Crippen MR) is 88.1 cm³/mol. The van der Waals surface area contributed by atoms with E-state index >= 15 is 0 Å². The van der Waals surface area contributed by atoms with E-state index in [9.17, 15) is 4.79 Å². The number of carbonyl (C=O) groups excluding carboxylic acids is 1. The first kappa shape index (κ1) is 15.8. The number of fused-ring (bicyclic) bond motifs is 1. The van der Waals surface area contributed by atoms with Gasteiger partial charge in [0.05, 0.1) is 18.9 Å². The minimum absolute atomic E-state index is 0.120. The van der Waals surface area contributed by atoms with Gasteiger partial charge in [-0.05, 0) is 25.5 Å². The molecular weight excluding hydrogens is 322 g/mol. The third-order valence-electron chi connectivity index (χ3n) is 4.28. The SMILES string of the molecule is Cc1cc(C(=O)N2CCOC[C@@H](Cc3ccc4nccn4n3)C2)no1. The summed E-state index contributed by atoms with van der Waals surface area (Å²) in [6.07, 6.45) is 4.28. The lowest BCUT2D eigenvalue weighted by atomic mass is 10.0. The zero-order valence-corrected chi connectivity index (χ0v) is 14.0. The fourth-order valence-electron chi connectivity index (χ4n) is 3.08. The molecule has 1 amide bonds. The Balaban J connectivity index is 1.48. The Bertz CT molecular complexity index is 887. The molecule has 130 valence electrons. The first-order valence-electron chi connectivity index (χ1n) is 8.28. The average Bonchev–Trinajstić information content (AvgIpc) is 3.18. The minimum atomic E-state index is -0.120. The summed E-state index contributed by atoms with van der Waals surface area (Å²) in [5.74, 6) is 0.682. The minimum Gasteiger partial charge on any atom is -0.379 e. The Kier molecular flexibility index (Phi) is 4.19. The average molecular weight is 341 g/mol. The Morgan fingerprint density at radius 2 is 2.32 bits per heavy atom. The summed E-state index contributed by atoms with van der Waals surface area (Å²) in [5, 5.41) is 8.39. The highest BCUT2D eigenvalue weighted by atomic mass is 16.5. The van der Waals surface area contributed by atoms with Crippen molar-refractivity contribution in [3.63, 3.8) is 0 Å². The van der Waals surface area contributed by atoms with E-state index in [4.69, 9.17) is 9.26 Å². The molecule has 0 spiro atoms. The number of aryl methyl sites for hydroxylation is 1. The Morgan fingerprint density at radius 1 is 1.40 bits per heavy atom. The molecule has 0 unspecified atom stereocenters. The second kappa shape index (κ2) is 6.64. The van der Waals surface area contributed by atoms with Crippen molar-refractivity contribution in [1.29, 1.82) is 0 Å². The third-order valence-corrected chi connectivity index (χ3v) is 4.28. The van der Waals surface area contributed by atoms with Crippen molar-refractivity contribution < 1.29 is 14.1 Å². The smallest absolute Gasteiger partial charge is 0.276 e. The summed E-state index contributed by atoms with van der Waals surface area (Å²) in [5.41, 5.74) is 2.11. The van der Waals surface area contributed by atoms with Gasteiger partial charge in [-0.25, -0.2) is 9.50 Å². The molecule has 0 aromatic carbocycles. The number of ether oxygens (including phenoxy) is 1. The van der Waals surface area contributed by atoms with Crippen molar-refractivity contribution in [1.82, 2.24) is 24.7 Å². The molecule has 1 aliphatic heterocycles. The van der Waals surface area contributed by atoms with Crippen molar-refractivity contribution >= 4 is 11.6 Å². The molecular formula is C17H19N5O3. The highest BCUT2D eigenvalue weighted by Crippen LogP contribution is 2.15. The van der Waals surface area contributed by atoms with Crippen molar-refractivity contribution in [3.05, 3.63) is 47.7 Å². The van der Waals surface area contributed by atoms with E-state index in [1.807, 2.05) is 18.3 Å². The van der Waals surface area contributed by atoms with Crippen LogP contribution in [0.1, 0.15) is 21.9 Å². The Hall–Kier alpha value is -2.74. The summed E-state index contributed by atoms with van der Waals surface area (Å²) >= 11 is 0. The number of imidazole rings is 1. The fourth-order valence-corrected chi connectivity index (χ4v) is 3.08. The lowest BCUT2D eigenvalue weighted by molar-refractivity contribution is 0.0727. The molecule has 0 bridgehead atoms. The standard InChI is InChI=1S/C17H19N5O3/c1-12-8-15(20-25-12)17(23)21-6-7-24-11-13(10-21)9-14-2-3-16-18-4-5-22(16)19-14/h2-5,8,13H,6-7,9-11H2,1H3/t13-/m0/s1. The van der Waals surface area contributed by atoms with Crippen LogP contribution in [-0.4, -0.2) is 56.9 Å². The van der Waals surface area contributed by atoms with Gasteiger partial charge < -0.3 is 14.2 Å². The highest BCUT2D eigenvalue weighted by Gasteiger charge is 2.25. The number of hydrogen-bond donors (Lipinski definition) is 0. The van der Waals surface area contributed by atoms with E-state index in [0.717, 1.165) is 17.8 Å². The molecule has 0 aliphatic carbocycles. The van der Waals surface area contributed by atoms with Gasteiger partial charge in [0.15, 0.2) is 11.3 Å². The molecule has 1 saturated heterocycles. The van der Waals surface area contributed by atoms with Gasteiger partial charge in [0.1, 0.15) is 5.76 Å². The molecule has 8 heteroatoms. The maximum atomic E-state index is 12.6. The quantitative estimate of drug-likeness (QED) is 0.715. The number of carbonyl (C=O) groups is 1. The van der Waals surface area contributed by atoms with Crippen LogP contribution < -0.4 is 0 Å². The van der Waals surface area contributed by atoms with Crippen LogP contribution in [0.15, 0.2) is 35.1 Å². The van der Waals surface area contributed by atoms with E-state index in [1.54, 1.807) is 28.6 Å². The summed E-state index contributed by atoms with van der Waals surface area (Å²) in [6.45, 7) is 4.05. The van der Waals surface area contributed by atoms with Crippen molar-refractivity contribution in [2.45, 2.75) is 13.3 Å². The van der Waals surface area contributed by atoms with E-state index in [1.165, 1.54) is 0 Å². The van der Waals surface area contributed by atoms with Gasteiger partial charge in [0.2, 0.25) is 0 Å². The molecule has 4 heterocycles. The second-order valence-corrected chi connectivity index (χ2v) is 6.27. The number of aromatic nitrogens is 4. The molecule has 1 fully saturated rings. The summed E-state index contributed by atoms with van der Waals surface area (Å²) in [7, 11) is 0. The maximum absolute atomic E-state index is 12.6. The zero-order chi connectivity index (χ0) is 17.2. The van der Waals surface area contributed by atoms with E-state index in [2.05, 4.69) is 15.2 Å². The summed E-state index contributed by atoms with van der Waals surface area (Å²) in [4.78, 5) is 18.6. The Labute approximate surface area is 144 Å². The number of rotatable bonds is 3. The van der Waals surface area contributed by atoms with Crippen LogP contribution in [0.2, 0.25) is 0 Å². The van der Waals surface area contributed by atoms with Gasteiger partial charge in [-0.3, -0.25) is 4.79 Å². The fraction of sp³-hybridized carbons (Fsp3) is 0.412. The highest BCUT2D eigenvalue weighted by molar-refractivity contribution is 5.92. The molecule has 0 N–H and O–H groups in total. The lowest BCUT2D eigenvalue weighted by Gasteiger charge is -2.22. The van der Waals surface area contributed by atoms with Crippen molar-refractivity contribution in [2.75, 3.05) is 26.3 Å². The monoisotopic (exact) mass is 341 g/mol. The molecule has 1 aliphatic rings. The molecule has 3 aromatic rings. The Morgan fingerprint density at radius 3 is 3.16 bits per heavy atom. The van der Waals surface area contributed by atoms with Gasteiger partial charge in [-0.1, -0.05) is 5.16 Å². The number of nitrogens with zero attached hydrogens (tertiary/aromatic N) is 5. The summed E-state index contributed by atoms with van der Waals surface area (Å²) in [6, 6.07) is 5.58. The van der Waals surface area contributed by atoms with Crippen LogP contribution in [0.3, 0.4) is 0 Å². The van der Waals surface area contributed by atoms with E-state index in [0.29, 0.717) is 37.8 Å². The summed E-state index contributed by atoms with van der Waals surface area (Å²) < 4.78 is 12.5. The van der Waals surface area contributed by atoms with Gasteiger partial charge in [0, 0.05) is 37.5 Å². The molecule has 1 atom stereocenters. The largest absolute Gasteiger partial charge is 0.379 e.